The van der Waals surface area contributed by atoms with Gasteiger partial charge in [0.15, 0.2) is 0 Å². The quantitative estimate of drug-likeness (QED) is 0.584. The number of piperidine rings is 1. The third-order valence-corrected chi connectivity index (χ3v) is 5.33. The molecular weight excluding hydrogens is 384 g/mol. The van der Waals surface area contributed by atoms with Crippen LogP contribution in [0.5, 0.6) is 0 Å². The van der Waals surface area contributed by atoms with E-state index in [1.54, 1.807) is 12.1 Å². The van der Waals surface area contributed by atoms with Crippen LogP contribution in [0.15, 0.2) is 42.5 Å². The number of benzene rings is 1. The van der Waals surface area contributed by atoms with Crippen molar-refractivity contribution in [2.45, 2.75) is 19.3 Å². The Bertz CT molecular complexity index is 732. The zero-order valence-electron chi connectivity index (χ0n) is 15.0. The molecule has 1 fully saturated rings. The zero-order chi connectivity index (χ0) is 18.2. The van der Waals surface area contributed by atoms with Gasteiger partial charge in [-0.2, -0.15) is 0 Å². The molecule has 8 heteroatoms. The average molecular weight is 409 g/mol. The van der Waals surface area contributed by atoms with Crippen molar-refractivity contribution >= 4 is 46.4 Å². The number of rotatable bonds is 6. The summed E-state index contributed by atoms with van der Waals surface area (Å²) in [6.07, 6.45) is 3.44. The minimum atomic E-state index is -0.324. The molecule has 1 aromatic heterocycles. The van der Waals surface area contributed by atoms with Gasteiger partial charge in [0.2, 0.25) is 0 Å². The highest BCUT2D eigenvalue weighted by Gasteiger charge is 2.14. The highest BCUT2D eigenvalue weighted by molar-refractivity contribution is 7.18. The minimum absolute atomic E-state index is 0. The van der Waals surface area contributed by atoms with E-state index in [0.717, 1.165) is 25.2 Å². The van der Waals surface area contributed by atoms with Gasteiger partial charge in [-0.05, 0) is 62.5 Å². The Morgan fingerprint density at radius 1 is 1.11 bits per heavy atom. The minimum Gasteiger partial charge on any atom is -0.351 e. The lowest BCUT2D eigenvalue weighted by atomic mass is 9.96. The zero-order valence-corrected chi connectivity index (χ0v) is 16.6. The third kappa shape index (κ3) is 6.86. The second-order valence-electron chi connectivity index (χ2n) is 6.37. The molecule has 3 amide bonds. The monoisotopic (exact) mass is 408 g/mol. The van der Waals surface area contributed by atoms with Crippen molar-refractivity contribution in [1.29, 1.82) is 0 Å². The molecule has 2 aromatic rings. The van der Waals surface area contributed by atoms with Crippen molar-refractivity contribution in [2.75, 3.05) is 30.3 Å². The van der Waals surface area contributed by atoms with E-state index in [2.05, 4.69) is 21.3 Å². The summed E-state index contributed by atoms with van der Waals surface area (Å²) in [5, 5.41) is 12.5. The lowest BCUT2D eigenvalue weighted by Crippen LogP contribution is -2.33. The SMILES string of the molecule is Cl.O=C(Nc1ccccc1)Nc1ccc(C(=O)NCCC2CCCNC2)s1. The Hall–Kier alpha value is -2.09. The van der Waals surface area contributed by atoms with Crippen molar-refractivity contribution in [3.8, 4) is 0 Å². The molecule has 27 heavy (non-hydrogen) atoms. The Balaban J connectivity index is 0.00000261. The maximum atomic E-state index is 12.2. The first-order chi connectivity index (χ1) is 12.7. The molecule has 4 N–H and O–H groups in total. The smallest absolute Gasteiger partial charge is 0.324 e. The Kier molecular flexibility index (Phi) is 8.57. The largest absolute Gasteiger partial charge is 0.351 e. The van der Waals surface area contributed by atoms with Crippen LogP contribution in [-0.2, 0) is 0 Å². The van der Waals surface area contributed by atoms with Gasteiger partial charge in [-0.25, -0.2) is 4.79 Å². The Morgan fingerprint density at radius 2 is 1.93 bits per heavy atom. The number of halogens is 1. The average Bonchev–Trinajstić information content (AvgIpc) is 3.12. The topological polar surface area (TPSA) is 82.3 Å². The number of amides is 3. The van der Waals surface area contributed by atoms with Crippen LogP contribution < -0.4 is 21.3 Å². The van der Waals surface area contributed by atoms with Crippen LogP contribution in [0.25, 0.3) is 0 Å². The summed E-state index contributed by atoms with van der Waals surface area (Å²) in [7, 11) is 0. The van der Waals surface area contributed by atoms with Gasteiger partial charge < -0.3 is 16.0 Å². The number of carbonyl (C=O) groups is 2. The molecule has 2 heterocycles. The number of anilines is 2. The van der Waals surface area contributed by atoms with Gasteiger partial charge in [0, 0.05) is 12.2 Å². The highest BCUT2D eigenvalue weighted by Crippen LogP contribution is 2.22. The van der Waals surface area contributed by atoms with E-state index in [0.29, 0.717) is 22.3 Å². The van der Waals surface area contributed by atoms with Crippen LogP contribution in [0.3, 0.4) is 0 Å². The van der Waals surface area contributed by atoms with Crippen molar-refractivity contribution in [3.63, 3.8) is 0 Å². The molecule has 0 radical (unpaired) electrons. The van der Waals surface area contributed by atoms with Gasteiger partial charge in [-0.3, -0.25) is 10.1 Å². The van der Waals surface area contributed by atoms with Crippen LogP contribution in [0, 0.1) is 5.92 Å². The highest BCUT2D eigenvalue weighted by atomic mass is 35.5. The molecule has 1 unspecified atom stereocenters. The van der Waals surface area contributed by atoms with Crippen molar-refractivity contribution < 1.29 is 9.59 Å². The van der Waals surface area contributed by atoms with Gasteiger partial charge >= 0.3 is 6.03 Å². The van der Waals surface area contributed by atoms with Gasteiger partial charge in [-0.15, -0.1) is 23.7 Å². The summed E-state index contributed by atoms with van der Waals surface area (Å²) in [6.45, 7) is 2.82. The summed E-state index contributed by atoms with van der Waals surface area (Å²) < 4.78 is 0. The van der Waals surface area contributed by atoms with Crippen LogP contribution >= 0.6 is 23.7 Å². The molecule has 0 saturated carbocycles. The van der Waals surface area contributed by atoms with Crippen LogP contribution in [-0.4, -0.2) is 31.6 Å². The predicted molar refractivity (Wildman–Crippen MR) is 113 cm³/mol. The van der Waals surface area contributed by atoms with Crippen LogP contribution in [0.1, 0.15) is 28.9 Å². The second kappa shape index (κ2) is 10.9. The fourth-order valence-electron chi connectivity index (χ4n) is 2.97. The molecule has 1 atom stereocenters. The molecule has 0 bridgehead atoms. The molecule has 3 rings (SSSR count). The summed E-state index contributed by atoms with van der Waals surface area (Å²) in [5.41, 5.74) is 0.719. The molecule has 1 aliphatic heterocycles. The predicted octanol–water partition coefficient (Wildman–Crippen LogP) is 3.93. The number of carbonyl (C=O) groups excluding carboxylic acids is 2. The molecule has 6 nitrogen and oxygen atoms in total. The van der Waals surface area contributed by atoms with E-state index >= 15 is 0 Å². The standard InChI is InChI=1S/C19H24N4O2S.ClH/c24-18(21-12-10-14-5-4-11-20-13-14)16-8-9-17(26-16)23-19(25)22-15-6-2-1-3-7-15;/h1-3,6-9,14,20H,4-5,10-13H2,(H,21,24)(H2,22,23,25);1H. The normalized spacial score (nSPS) is 16.1. The van der Waals surface area contributed by atoms with Crippen molar-refractivity contribution in [2.24, 2.45) is 5.92 Å². The van der Waals surface area contributed by atoms with Gasteiger partial charge in [0.05, 0.1) is 9.88 Å². The Labute approximate surface area is 169 Å². The van der Waals surface area contributed by atoms with Crippen molar-refractivity contribution in [1.82, 2.24) is 10.6 Å². The fraction of sp³-hybridized carbons (Fsp3) is 0.368. The lowest BCUT2D eigenvalue weighted by molar-refractivity contribution is 0.0954. The number of hydrogen-bond acceptors (Lipinski definition) is 4. The summed E-state index contributed by atoms with van der Waals surface area (Å²) in [6, 6.07) is 12.4. The van der Waals surface area contributed by atoms with E-state index in [9.17, 15) is 9.59 Å². The first kappa shape index (κ1) is 21.2. The maximum absolute atomic E-state index is 12.2. The number of hydrogen-bond donors (Lipinski definition) is 4. The number of urea groups is 1. The number of thiophene rings is 1. The molecule has 1 saturated heterocycles. The van der Waals surface area contributed by atoms with E-state index < -0.39 is 0 Å². The van der Waals surface area contributed by atoms with Crippen molar-refractivity contribution in [3.05, 3.63) is 47.3 Å². The van der Waals surface area contributed by atoms with Gasteiger partial charge in [0.25, 0.3) is 5.91 Å². The maximum Gasteiger partial charge on any atom is 0.324 e. The lowest BCUT2D eigenvalue weighted by Gasteiger charge is -2.22. The molecule has 146 valence electrons. The van der Waals surface area contributed by atoms with Crippen LogP contribution in [0.2, 0.25) is 0 Å². The summed E-state index contributed by atoms with van der Waals surface area (Å²) in [5.74, 6) is 0.557. The third-order valence-electron chi connectivity index (χ3n) is 4.34. The number of nitrogens with one attached hydrogen (secondary N) is 4. The van der Waals surface area contributed by atoms with E-state index in [-0.39, 0.29) is 24.3 Å². The molecule has 1 aromatic carbocycles. The molecule has 0 spiro atoms. The second-order valence-corrected chi connectivity index (χ2v) is 7.45. The molecule has 0 aliphatic carbocycles. The van der Waals surface area contributed by atoms with Gasteiger partial charge in [-0.1, -0.05) is 18.2 Å². The first-order valence-electron chi connectivity index (χ1n) is 8.92. The Morgan fingerprint density at radius 3 is 2.67 bits per heavy atom. The molecule has 1 aliphatic rings. The molecular formula is C19H25ClN4O2S. The van der Waals surface area contributed by atoms with Gasteiger partial charge in [0.1, 0.15) is 0 Å². The van der Waals surface area contributed by atoms with Crippen LogP contribution in [0.4, 0.5) is 15.5 Å². The number of para-hydroxylation sites is 1. The summed E-state index contributed by atoms with van der Waals surface area (Å²) >= 11 is 1.27. The van der Waals surface area contributed by atoms with E-state index in [1.807, 2.05) is 30.3 Å². The summed E-state index contributed by atoms with van der Waals surface area (Å²) in [4.78, 5) is 24.8. The van der Waals surface area contributed by atoms with E-state index in [1.165, 1.54) is 24.2 Å². The van der Waals surface area contributed by atoms with E-state index in [4.69, 9.17) is 0 Å². The fourth-order valence-corrected chi connectivity index (χ4v) is 3.79. The first-order valence-corrected chi connectivity index (χ1v) is 9.74.